The Balaban J connectivity index is 2.02. The molecule has 3 nitrogen and oxygen atoms in total. The highest BCUT2D eigenvalue weighted by Crippen LogP contribution is 2.24. The smallest absolute Gasteiger partial charge is 0.337 e. The zero-order valence-corrected chi connectivity index (χ0v) is 13.3. The van der Waals surface area contributed by atoms with Crippen molar-refractivity contribution < 1.29 is 9.90 Å². The van der Waals surface area contributed by atoms with Crippen LogP contribution in [-0.2, 0) is 12.8 Å². The van der Waals surface area contributed by atoms with Gasteiger partial charge in [0.1, 0.15) is 0 Å². The van der Waals surface area contributed by atoms with Gasteiger partial charge in [0.05, 0.1) is 5.56 Å². The van der Waals surface area contributed by atoms with Gasteiger partial charge in [-0.05, 0) is 47.2 Å². The van der Waals surface area contributed by atoms with Crippen LogP contribution >= 0.6 is 0 Å². The maximum Gasteiger partial charge on any atom is 0.337 e. The number of hydrogen-bond donors (Lipinski definition) is 2. The molecule has 3 aromatic carbocycles. The lowest BCUT2D eigenvalue weighted by Gasteiger charge is -2.13. The molecule has 0 fully saturated rings. The Morgan fingerprint density at radius 3 is 1.71 bits per heavy atom. The van der Waals surface area contributed by atoms with E-state index < -0.39 is 5.97 Å². The fourth-order valence-electron chi connectivity index (χ4n) is 2.85. The van der Waals surface area contributed by atoms with Gasteiger partial charge in [-0.1, -0.05) is 60.7 Å². The Morgan fingerprint density at radius 1 is 0.792 bits per heavy atom. The summed E-state index contributed by atoms with van der Waals surface area (Å²) in [4.78, 5) is 11.4. The highest BCUT2D eigenvalue weighted by atomic mass is 16.4. The first-order chi connectivity index (χ1) is 11.6. The molecule has 0 aliphatic rings. The van der Waals surface area contributed by atoms with E-state index in [0.717, 1.165) is 23.1 Å². The van der Waals surface area contributed by atoms with Crippen molar-refractivity contribution in [2.45, 2.75) is 12.8 Å². The number of carboxylic acid groups (broad SMARTS) is 1. The van der Waals surface area contributed by atoms with Gasteiger partial charge in [0.2, 0.25) is 0 Å². The summed E-state index contributed by atoms with van der Waals surface area (Å²) in [7, 11) is 0. The third-order valence-corrected chi connectivity index (χ3v) is 4.08. The molecular formula is C21H19NO2. The lowest BCUT2D eigenvalue weighted by atomic mass is 9.92. The van der Waals surface area contributed by atoms with Crippen LogP contribution in [-0.4, -0.2) is 11.1 Å². The molecule has 3 rings (SSSR count). The molecule has 0 saturated heterocycles. The van der Waals surface area contributed by atoms with Crippen molar-refractivity contribution in [2.24, 2.45) is 0 Å². The Bertz CT molecular complexity index is 842. The second-order valence-corrected chi connectivity index (χ2v) is 5.84. The minimum absolute atomic E-state index is 0.165. The van der Waals surface area contributed by atoms with Crippen LogP contribution in [0.5, 0.6) is 0 Å². The van der Waals surface area contributed by atoms with Gasteiger partial charge in [0.15, 0.2) is 0 Å². The SMILES string of the molecule is Nc1cc(Cc2ccccc2)c(Cc2ccccc2)cc1C(=O)O. The fraction of sp³-hybridized carbons (Fsp3) is 0.0952. The number of hydrogen-bond acceptors (Lipinski definition) is 2. The van der Waals surface area contributed by atoms with Crippen LogP contribution in [0, 0.1) is 0 Å². The van der Waals surface area contributed by atoms with E-state index in [1.807, 2.05) is 48.5 Å². The van der Waals surface area contributed by atoms with Gasteiger partial charge in [-0.3, -0.25) is 0 Å². The molecule has 3 aromatic rings. The molecule has 3 heteroatoms. The molecule has 0 atom stereocenters. The number of aromatic carboxylic acids is 1. The number of carboxylic acids is 1. The van der Waals surface area contributed by atoms with Crippen LogP contribution in [0.4, 0.5) is 5.69 Å². The Labute approximate surface area is 141 Å². The lowest BCUT2D eigenvalue weighted by Crippen LogP contribution is -2.07. The van der Waals surface area contributed by atoms with E-state index in [1.54, 1.807) is 12.1 Å². The van der Waals surface area contributed by atoms with Crippen LogP contribution in [0.1, 0.15) is 32.6 Å². The molecule has 0 heterocycles. The van der Waals surface area contributed by atoms with Crippen molar-refractivity contribution in [2.75, 3.05) is 5.73 Å². The molecule has 0 saturated carbocycles. The molecule has 0 radical (unpaired) electrons. The summed E-state index contributed by atoms with van der Waals surface area (Å²) < 4.78 is 0. The molecule has 0 aliphatic carbocycles. The number of anilines is 1. The van der Waals surface area contributed by atoms with Crippen molar-refractivity contribution in [3.05, 3.63) is 101 Å². The minimum atomic E-state index is -0.993. The van der Waals surface area contributed by atoms with Crippen molar-refractivity contribution in [1.29, 1.82) is 0 Å². The van der Waals surface area contributed by atoms with Crippen molar-refractivity contribution in [1.82, 2.24) is 0 Å². The molecule has 0 unspecified atom stereocenters. The Kier molecular flexibility index (Phi) is 4.62. The maximum absolute atomic E-state index is 11.4. The quantitative estimate of drug-likeness (QED) is 0.695. The maximum atomic E-state index is 11.4. The van der Waals surface area contributed by atoms with Crippen LogP contribution in [0.3, 0.4) is 0 Å². The summed E-state index contributed by atoms with van der Waals surface area (Å²) in [5.41, 5.74) is 10.8. The van der Waals surface area contributed by atoms with Crippen molar-refractivity contribution >= 4 is 11.7 Å². The molecular weight excluding hydrogens is 298 g/mol. The lowest BCUT2D eigenvalue weighted by molar-refractivity contribution is 0.0698. The van der Waals surface area contributed by atoms with E-state index in [9.17, 15) is 9.90 Å². The summed E-state index contributed by atoms with van der Waals surface area (Å²) in [6, 6.07) is 23.7. The van der Waals surface area contributed by atoms with Gasteiger partial charge in [-0.25, -0.2) is 4.79 Å². The van der Waals surface area contributed by atoms with Gasteiger partial charge in [-0.15, -0.1) is 0 Å². The molecule has 24 heavy (non-hydrogen) atoms. The average Bonchev–Trinajstić information content (AvgIpc) is 2.59. The summed E-state index contributed by atoms with van der Waals surface area (Å²) >= 11 is 0. The van der Waals surface area contributed by atoms with E-state index in [-0.39, 0.29) is 5.56 Å². The summed E-state index contributed by atoms with van der Waals surface area (Å²) in [5.74, 6) is -0.993. The Morgan fingerprint density at radius 2 is 1.25 bits per heavy atom. The van der Waals surface area contributed by atoms with E-state index >= 15 is 0 Å². The standard InChI is InChI=1S/C21H19NO2/c22-20-14-18(12-16-9-5-2-6-10-16)17(13-19(20)21(23)24)11-15-7-3-1-4-8-15/h1-10,13-14H,11-12,22H2,(H,23,24). The van der Waals surface area contributed by atoms with E-state index in [1.165, 1.54) is 5.56 Å². The number of benzene rings is 3. The normalized spacial score (nSPS) is 10.5. The molecule has 0 bridgehead atoms. The van der Waals surface area contributed by atoms with Crippen LogP contribution < -0.4 is 5.73 Å². The zero-order valence-electron chi connectivity index (χ0n) is 13.3. The van der Waals surface area contributed by atoms with Crippen molar-refractivity contribution in [3.8, 4) is 0 Å². The average molecular weight is 317 g/mol. The fourth-order valence-corrected chi connectivity index (χ4v) is 2.85. The van der Waals surface area contributed by atoms with Gasteiger partial charge in [-0.2, -0.15) is 0 Å². The topological polar surface area (TPSA) is 63.3 Å². The van der Waals surface area contributed by atoms with Crippen LogP contribution in [0.2, 0.25) is 0 Å². The molecule has 0 aromatic heterocycles. The third kappa shape index (κ3) is 3.63. The second kappa shape index (κ2) is 7.01. The van der Waals surface area contributed by atoms with Crippen LogP contribution in [0.25, 0.3) is 0 Å². The highest BCUT2D eigenvalue weighted by Gasteiger charge is 2.14. The predicted molar refractivity (Wildman–Crippen MR) is 96.3 cm³/mol. The monoisotopic (exact) mass is 317 g/mol. The molecule has 120 valence electrons. The summed E-state index contributed by atoms with van der Waals surface area (Å²) in [5, 5.41) is 9.36. The summed E-state index contributed by atoms with van der Waals surface area (Å²) in [6.07, 6.45) is 1.41. The molecule has 0 spiro atoms. The van der Waals surface area contributed by atoms with E-state index in [0.29, 0.717) is 12.1 Å². The van der Waals surface area contributed by atoms with Gasteiger partial charge < -0.3 is 10.8 Å². The molecule has 0 aliphatic heterocycles. The largest absolute Gasteiger partial charge is 0.478 e. The zero-order chi connectivity index (χ0) is 16.9. The first-order valence-electron chi connectivity index (χ1n) is 7.86. The third-order valence-electron chi connectivity index (χ3n) is 4.08. The van der Waals surface area contributed by atoms with Crippen LogP contribution in [0.15, 0.2) is 72.8 Å². The molecule has 3 N–H and O–H groups in total. The number of nitrogen functional groups attached to an aromatic ring is 1. The Hall–Kier alpha value is -3.07. The minimum Gasteiger partial charge on any atom is -0.478 e. The van der Waals surface area contributed by atoms with E-state index in [2.05, 4.69) is 12.1 Å². The van der Waals surface area contributed by atoms with Gasteiger partial charge in [0, 0.05) is 5.69 Å². The first-order valence-corrected chi connectivity index (χ1v) is 7.86. The first kappa shape index (κ1) is 15.8. The predicted octanol–water partition coefficient (Wildman–Crippen LogP) is 4.15. The van der Waals surface area contributed by atoms with E-state index in [4.69, 9.17) is 5.73 Å². The number of carbonyl (C=O) groups is 1. The highest BCUT2D eigenvalue weighted by molar-refractivity contribution is 5.94. The number of nitrogens with two attached hydrogens (primary N) is 1. The van der Waals surface area contributed by atoms with Crippen molar-refractivity contribution in [3.63, 3.8) is 0 Å². The second-order valence-electron chi connectivity index (χ2n) is 5.84. The molecule has 0 amide bonds. The van der Waals surface area contributed by atoms with Gasteiger partial charge >= 0.3 is 5.97 Å². The number of rotatable bonds is 5. The van der Waals surface area contributed by atoms with Gasteiger partial charge in [0.25, 0.3) is 0 Å². The summed E-state index contributed by atoms with van der Waals surface area (Å²) in [6.45, 7) is 0.